The molecule has 0 bridgehead atoms. The number of hydrogen-bond donors (Lipinski definition) is 1. The quantitative estimate of drug-likeness (QED) is 0.514. The van der Waals surface area contributed by atoms with Gasteiger partial charge in [-0.15, -0.1) is 0 Å². The van der Waals surface area contributed by atoms with E-state index >= 15 is 0 Å². The van der Waals surface area contributed by atoms with Gasteiger partial charge in [-0.1, -0.05) is 0 Å². The molecule has 2 N–H and O–H groups in total. The third-order valence-corrected chi connectivity index (χ3v) is 3.32. The van der Waals surface area contributed by atoms with Crippen LogP contribution in [0.25, 0.3) is 0 Å². The van der Waals surface area contributed by atoms with Gasteiger partial charge in [-0.25, -0.2) is 0 Å². The lowest BCUT2D eigenvalue weighted by atomic mass is 10.1. The summed E-state index contributed by atoms with van der Waals surface area (Å²) in [6, 6.07) is 0. The molecular formula is C13H26N2O3. The third kappa shape index (κ3) is 6.33. The predicted molar refractivity (Wildman–Crippen MR) is 70.3 cm³/mol. The summed E-state index contributed by atoms with van der Waals surface area (Å²) in [5, 5.41) is 0. The Morgan fingerprint density at radius 3 is 2.67 bits per heavy atom. The summed E-state index contributed by atoms with van der Waals surface area (Å²) in [6.07, 6.45) is 4.91. The van der Waals surface area contributed by atoms with Gasteiger partial charge in [0.25, 0.3) is 0 Å². The van der Waals surface area contributed by atoms with E-state index in [1.165, 1.54) is 7.11 Å². The Morgan fingerprint density at radius 2 is 2.06 bits per heavy atom. The number of nitrogens with zero attached hydrogens (tertiary/aromatic N) is 1. The van der Waals surface area contributed by atoms with E-state index in [0.717, 1.165) is 51.9 Å². The molecule has 0 amide bonds. The van der Waals surface area contributed by atoms with E-state index in [2.05, 4.69) is 9.64 Å². The minimum atomic E-state index is -0.116. The molecule has 1 heterocycles. The van der Waals surface area contributed by atoms with Crippen LogP contribution in [0.3, 0.4) is 0 Å². The molecule has 0 atom stereocenters. The van der Waals surface area contributed by atoms with E-state index in [1.807, 2.05) is 0 Å². The van der Waals surface area contributed by atoms with Crippen molar-refractivity contribution in [3.8, 4) is 0 Å². The van der Waals surface area contributed by atoms with E-state index in [0.29, 0.717) is 19.1 Å². The van der Waals surface area contributed by atoms with Gasteiger partial charge in [0.15, 0.2) is 0 Å². The molecule has 0 aliphatic carbocycles. The summed E-state index contributed by atoms with van der Waals surface area (Å²) in [5.74, 6) is -0.116. The number of carbonyl (C=O) groups excluding carboxylic acids is 1. The van der Waals surface area contributed by atoms with Crippen LogP contribution >= 0.6 is 0 Å². The van der Waals surface area contributed by atoms with Gasteiger partial charge < -0.3 is 20.1 Å². The Bertz CT molecular complexity index is 228. The van der Waals surface area contributed by atoms with Crippen LogP contribution in [0.15, 0.2) is 0 Å². The lowest BCUT2D eigenvalue weighted by Gasteiger charge is -2.31. The zero-order chi connectivity index (χ0) is 13.2. The zero-order valence-electron chi connectivity index (χ0n) is 11.4. The molecule has 0 aromatic rings. The largest absolute Gasteiger partial charge is 0.469 e. The maximum absolute atomic E-state index is 11.0. The molecule has 0 aromatic carbocycles. The van der Waals surface area contributed by atoms with Crippen LogP contribution in [-0.4, -0.2) is 56.9 Å². The molecular weight excluding hydrogens is 232 g/mol. The average Bonchev–Trinajstić information content (AvgIpc) is 2.40. The maximum Gasteiger partial charge on any atom is 0.305 e. The van der Waals surface area contributed by atoms with Gasteiger partial charge in [-0.2, -0.15) is 0 Å². The fourth-order valence-electron chi connectivity index (χ4n) is 2.18. The minimum Gasteiger partial charge on any atom is -0.469 e. The van der Waals surface area contributed by atoms with Crippen molar-refractivity contribution in [2.24, 2.45) is 5.73 Å². The Morgan fingerprint density at radius 1 is 1.33 bits per heavy atom. The van der Waals surface area contributed by atoms with Crippen molar-refractivity contribution in [1.29, 1.82) is 0 Å². The van der Waals surface area contributed by atoms with Crippen LogP contribution in [0.1, 0.15) is 32.1 Å². The highest BCUT2D eigenvalue weighted by Crippen LogP contribution is 2.14. The molecule has 1 rings (SSSR count). The van der Waals surface area contributed by atoms with E-state index < -0.39 is 0 Å². The first-order valence-corrected chi connectivity index (χ1v) is 6.87. The first-order valence-electron chi connectivity index (χ1n) is 6.87. The topological polar surface area (TPSA) is 64.8 Å². The molecule has 1 fully saturated rings. The van der Waals surface area contributed by atoms with Gasteiger partial charge in [0.2, 0.25) is 0 Å². The number of esters is 1. The smallest absolute Gasteiger partial charge is 0.305 e. The van der Waals surface area contributed by atoms with Crippen LogP contribution in [-0.2, 0) is 14.3 Å². The molecule has 0 spiro atoms. The molecule has 1 aliphatic rings. The second-order valence-corrected chi connectivity index (χ2v) is 4.73. The normalized spacial score (nSPS) is 17.9. The van der Waals surface area contributed by atoms with Crippen molar-refractivity contribution in [1.82, 2.24) is 4.90 Å². The second kappa shape index (κ2) is 9.30. The third-order valence-electron chi connectivity index (χ3n) is 3.32. The van der Waals surface area contributed by atoms with Gasteiger partial charge in [0, 0.05) is 26.1 Å². The van der Waals surface area contributed by atoms with Gasteiger partial charge in [-0.05, 0) is 38.8 Å². The van der Waals surface area contributed by atoms with E-state index in [4.69, 9.17) is 10.5 Å². The number of hydrogen-bond acceptors (Lipinski definition) is 5. The highest BCUT2D eigenvalue weighted by molar-refractivity contribution is 5.69. The van der Waals surface area contributed by atoms with Crippen LogP contribution in [0.5, 0.6) is 0 Å². The van der Waals surface area contributed by atoms with Crippen LogP contribution in [0.4, 0.5) is 0 Å². The van der Waals surface area contributed by atoms with Crippen molar-refractivity contribution in [3.63, 3.8) is 0 Å². The first-order chi connectivity index (χ1) is 8.76. The number of carbonyl (C=O) groups is 1. The van der Waals surface area contributed by atoms with Crippen LogP contribution < -0.4 is 5.73 Å². The van der Waals surface area contributed by atoms with E-state index in [1.54, 1.807) is 0 Å². The Labute approximate surface area is 110 Å². The van der Waals surface area contributed by atoms with Gasteiger partial charge in [-0.3, -0.25) is 4.79 Å². The highest BCUT2D eigenvalue weighted by atomic mass is 16.5. The van der Waals surface area contributed by atoms with Crippen molar-refractivity contribution in [3.05, 3.63) is 0 Å². The summed E-state index contributed by atoms with van der Waals surface area (Å²) in [7, 11) is 1.44. The van der Waals surface area contributed by atoms with Crippen LogP contribution in [0.2, 0.25) is 0 Å². The molecule has 5 nitrogen and oxygen atoms in total. The summed E-state index contributed by atoms with van der Waals surface area (Å²) in [6.45, 7) is 4.59. The number of nitrogens with two attached hydrogens (primary N) is 1. The molecule has 106 valence electrons. The maximum atomic E-state index is 11.0. The monoisotopic (exact) mass is 258 g/mol. The average molecular weight is 258 g/mol. The summed E-state index contributed by atoms with van der Waals surface area (Å²) >= 11 is 0. The molecule has 5 heteroatoms. The van der Waals surface area contributed by atoms with Crippen molar-refractivity contribution in [2.75, 3.05) is 39.9 Å². The molecule has 0 unspecified atom stereocenters. The minimum absolute atomic E-state index is 0.116. The zero-order valence-corrected chi connectivity index (χ0v) is 11.4. The first kappa shape index (κ1) is 15.4. The SMILES string of the molecule is COC(=O)CCCN1CCC(OCCCN)CC1. The van der Waals surface area contributed by atoms with Crippen molar-refractivity contribution < 1.29 is 14.3 Å². The van der Waals surface area contributed by atoms with E-state index in [9.17, 15) is 4.79 Å². The standard InChI is InChI=1S/C13H26N2O3/c1-17-13(16)4-2-8-15-9-5-12(6-10-15)18-11-3-7-14/h12H,2-11,14H2,1H3. The number of piperidine rings is 1. The summed E-state index contributed by atoms with van der Waals surface area (Å²) < 4.78 is 10.4. The number of rotatable bonds is 8. The fourth-order valence-corrected chi connectivity index (χ4v) is 2.18. The van der Waals surface area contributed by atoms with Crippen LogP contribution in [0, 0.1) is 0 Å². The Hall–Kier alpha value is -0.650. The molecule has 0 saturated carbocycles. The highest BCUT2D eigenvalue weighted by Gasteiger charge is 2.19. The molecule has 0 aromatic heterocycles. The number of ether oxygens (including phenoxy) is 2. The number of likely N-dealkylation sites (tertiary alicyclic amines) is 1. The molecule has 18 heavy (non-hydrogen) atoms. The van der Waals surface area contributed by atoms with Crippen molar-refractivity contribution in [2.45, 2.75) is 38.2 Å². The fraction of sp³-hybridized carbons (Fsp3) is 0.923. The lowest BCUT2D eigenvalue weighted by Crippen LogP contribution is -2.37. The van der Waals surface area contributed by atoms with Gasteiger partial charge in [0.05, 0.1) is 13.2 Å². The van der Waals surface area contributed by atoms with Gasteiger partial charge >= 0.3 is 5.97 Å². The van der Waals surface area contributed by atoms with Crippen molar-refractivity contribution >= 4 is 5.97 Å². The predicted octanol–water partition coefficient (Wildman–Crippen LogP) is 0.769. The Kier molecular flexibility index (Phi) is 7.96. The summed E-state index contributed by atoms with van der Waals surface area (Å²) in [4.78, 5) is 13.4. The second-order valence-electron chi connectivity index (χ2n) is 4.73. The molecule has 0 radical (unpaired) electrons. The molecule has 1 saturated heterocycles. The number of methoxy groups -OCH3 is 1. The lowest BCUT2D eigenvalue weighted by molar-refractivity contribution is -0.140. The summed E-state index contributed by atoms with van der Waals surface area (Å²) in [5.41, 5.74) is 5.43. The van der Waals surface area contributed by atoms with E-state index in [-0.39, 0.29) is 5.97 Å². The molecule has 1 aliphatic heterocycles. The van der Waals surface area contributed by atoms with Gasteiger partial charge in [0.1, 0.15) is 0 Å². The Balaban J connectivity index is 2.02.